The number of aromatic nitrogens is 1. The van der Waals surface area contributed by atoms with E-state index in [1.807, 2.05) is 38.1 Å². The van der Waals surface area contributed by atoms with Crippen LogP contribution in [-0.4, -0.2) is 49.0 Å². The third kappa shape index (κ3) is 5.70. The topological polar surface area (TPSA) is 77.6 Å². The second-order valence-electron chi connectivity index (χ2n) is 10.3. The summed E-state index contributed by atoms with van der Waals surface area (Å²) in [5.41, 5.74) is 3.58. The number of halogens is 1. The molecule has 5 rings (SSSR count). The number of benzene rings is 2. The van der Waals surface area contributed by atoms with Crippen molar-refractivity contribution >= 4 is 23.2 Å². The van der Waals surface area contributed by atoms with Crippen molar-refractivity contribution < 1.29 is 14.0 Å². The zero-order valence-corrected chi connectivity index (χ0v) is 21.9. The fourth-order valence-corrected chi connectivity index (χ4v) is 5.14. The number of hydrogen-bond acceptors (Lipinski definition) is 5. The molecule has 38 heavy (non-hydrogen) atoms. The predicted octanol–water partition coefficient (Wildman–Crippen LogP) is 4.11. The molecule has 1 aliphatic carbocycles. The van der Waals surface area contributed by atoms with Crippen LogP contribution in [0.25, 0.3) is 0 Å². The summed E-state index contributed by atoms with van der Waals surface area (Å²) in [6, 6.07) is 16.1. The van der Waals surface area contributed by atoms with Crippen molar-refractivity contribution in [2.75, 3.05) is 36.0 Å². The number of rotatable bonds is 8. The molecule has 2 atom stereocenters. The van der Waals surface area contributed by atoms with Crippen LogP contribution in [0.4, 0.5) is 15.8 Å². The second kappa shape index (κ2) is 11.3. The van der Waals surface area contributed by atoms with E-state index in [0.717, 1.165) is 43.9 Å². The molecule has 7 nitrogen and oxygen atoms in total. The van der Waals surface area contributed by atoms with Crippen molar-refractivity contribution in [3.8, 4) is 0 Å². The Morgan fingerprint density at radius 2 is 1.89 bits per heavy atom. The molecule has 3 aromatic rings. The lowest BCUT2D eigenvalue weighted by Gasteiger charge is -2.29. The van der Waals surface area contributed by atoms with E-state index in [9.17, 15) is 9.59 Å². The fourth-order valence-electron chi connectivity index (χ4n) is 5.14. The molecule has 2 amide bonds. The van der Waals surface area contributed by atoms with Crippen LogP contribution >= 0.6 is 0 Å². The molecule has 2 heterocycles. The molecule has 0 radical (unpaired) electrons. The van der Waals surface area contributed by atoms with Crippen LogP contribution in [0.1, 0.15) is 47.7 Å². The summed E-state index contributed by atoms with van der Waals surface area (Å²) in [6.45, 7) is 7.69. The lowest BCUT2D eigenvalue weighted by atomic mass is 10.1. The van der Waals surface area contributed by atoms with Gasteiger partial charge in [0.25, 0.3) is 5.91 Å². The van der Waals surface area contributed by atoms with Crippen LogP contribution in [0.5, 0.6) is 0 Å². The normalized spacial score (nSPS) is 18.8. The number of piperazine rings is 1. The number of anilines is 2. The van der Waals surface area contributed by atoms with Gasteiger partial charge in [-0.3, -0.25) is 14.6 Å². The van der Waals surface area contributed by atoms with Gasteiger partial charge in [0.15, 0.2) is 0 Å². The average molecular weight is 516 g/mol. The van der Waals surface area contributed by atoms with Gasteiger partial charge in [-0.2, -0.15) is 0 Å². The largest absolute Gasteiger partial charge is 0.369 e. The summed E-state index contributed by atoms with van der Waals surface area (Å²) < 4.78 is 15.1. The maximum Gasteiger partial charge on any atom is 0.251 e. The quantitative estimate of drug-likeness (QED) is 0.472. The highest BCUT2D eigenvalue weighted by molar-refractivity contribution is 5.98. The number of pyridine rings is 1. The van der Waals surface area contributed by atoms with Gasteiger partial charge in [0.1, 0.15) is 5.82 Å². The number of amides is 2. The highest BCUT2D eigenvalue weighted by atomic mass is 19.1. The fraction of sp³-hybridized carbons (Fsp3) is 0.367. The Balaban J connectivity index is 1.21. The van der Waals surface area contributed by atoms with Crippen LogP contribution in [0, 0.1) is 11.7 Å². The first-order valence-corrected chi connectivity index (χ1v) is 13.3. The summed E-state index contributed by atoms with van der Waals surface area (Å²) >= 11 is 0. The van der Waals surface area contributed by atoms with E-state index in [1.165, 1.54) is 6.07 Å². The van der Waals surface area contributed by atoms with Crippen molar-refractivity contribution in [1.29, 1.82) is 0 Å². The molecule has 2 aliphatic rings. The molecule has 2 aromatic carbocycles. The van der Waals surface area contributed by atoms with Crippen LogP contribution in [0.15, 0.2) is 67.0 Å². The molecule has 2 N–H and O–H groups in total. The van der Waals surface area contributed by atoms with Gasteiger partial charge in [0.2, 0.25) is 5.91 Å². The highest BCUT2D eigenvalue weighted by Gasteiger charge is 2.46. The predicted molar refractivity (Wildman–Crippen MR) is 147 cm³/mol. The number of carbonyl (C=O) groups excluding carboxylic acids is 2. The van der Waals surface area contributed by atoms with Gasteiger partial charge in [-0.15, -0.1) is 0 Å². The zero-order chi connectivity index (χ0) is 26.6. The Bertz CT molecular complexity index is 1280. The molecule has 1 aliphatic heterocycles. The highest BCUT2D eigenvalue weighted by Crippen LogP contribution is 2.49. The molecule has 1 aromatic heterocycles. The minimum Gasteiger partial charge on any atom is -0.369 e. The minimum absolute atomic E-state index is 0.00133. The van der Waals surface area contributed by atoms with Crippen LogP contribution in [-0.2, 0) is 11.3 Å². The first kappa shape index (κ1) is 25.9. The van der Waals surface area contributed by atoms with E-state index in [0.29, 0.717) is 16.8 Å². The standard InChI is InChI=1S/C30H34FN5O2/c1-20(2)36(30(38)27-17-26(27)22-4-3-11-33-18-22)25-10-7-23(28(31)16-25)19-34-29(37)21-5-8-24(9-6-21)35-14-12-32-13-15-35/h3-11,16,18,20,26-27,32H,12-15,17,19H2,1-2H3,(H,34,37). The average Bonchev–Trinajstić information content (AvgIpc) is 3.75. The van der Waals surface area contributed by atoms with Gasteiger partial charge in [-0.25, -0.2) is 4.39 Å². The van der Waals surface area contributed by atoms with Crippen LogP contribution in [0.2, 0.25) is 0 Å². The second-order valence-corrected chi connectivity index (χ2v) is 10.3. The van der Waals surface area contributed by atoms with Crippen molar-refractivity contribution in [2.45, 2.75) is 38.8 Å². The minimum atomic E-state index is -0.449. The van der Waals surface area contributed by atoms with E-state index in [1.54, 1.807) is 41.6 Å². The Labute approximate surface area is 223 Å². The van der Waals surface area contributed by atoms with E-state index in [4.69, 9.17) is 0 Å². The Morgan fingerprint density at radius 3 is 2.55 bits per heavy atom. The first-order chi connectivity index (χ1) is 18.4. The molecule has 1 saturated carbocycles. The number of nitrogens with one attached hydrogen (secondary N) is 2. The van der Waals surface area contributed by atoms with Gasteiger partial charge >= 0.3 is 0 Å². The molecule has 0 spiro atoms. The third-order valence-corrected chi connectivity index (χ3v) is 7.34. The summed E-state index contributed by atoms with van der Waals surface area (Å²) in [7, 11) is 0. The molecule has 2 fully saturated rings. The summed E-state index contributed by atoms with van der Waals surface area (Å²) in [5, 5.41) is 6.14. The van der Waals surface area contributed by atoms with Gasteiger partial charge < -0.3 is 20.4 Å². The SMILES string of the molecule is CC(C)N(C(=O)C1CC1c1cccnc1)c1ccc(CNC(=O)c2ccc(N3CCNCC3)cc2)c(F)c1. The van der Waals surface area contributed by atoms with Crippen molar-refractivity contribution in [2.24, 2.45) is 5.92 Å². The van der Waals surface area contributed by atoms with Crippen LogP contribution in [0.3, 0.4) is 0 Å². The number of carbonyl (C=O) groups is 2. The maximum absolute atomic E-state index is 15.1. The Kier molecular flexibility index (Phi) is 7.69. The first-order valence-electron chi connectivity index (χ1n) is 13.3. The van der Waals surface area contributed by atoms with E-state index in [2.05, 4.69) is 20.5 Å². The lowest BCUT2D eigenvalue weighted by Crippen LogP contribution is -2.43. The molecular formula is C30H34FN5O2. The smallest absolute Gasteiger partial charge is 0.251 e. The van der Waals surface area contributed by atoms with Crippen molar-refractivity contribution in [3.63, 3.8) is 0 Å². The van der Waals surface area contributed by atoms with Crippen LogP contribution < -0.4 is 20.4 Å². The van der Waals surface area contributed by atoms with E-state index in [-0.39, 0.29) is 36.2 Å². The molecule has 8 heteroatoms. The summed E-state index contributed by atoms with van der Waals surface area (Å²) in [4.78, 5) is 34.1. The number of nitrogens with zero attached hydrogens (tertiary/aromatic N) is 3. The van der Waals surface area contributed by atoms with Gasteiger partial charge in [-0.1, -0.05) is 12.1 Å². The van der Waals surface area contributed by atoms with Gasteiger partial charge in [0.05, 0.1) is 0 Å². The maximum atomic E-state index is 15.1. The molecule has 198 valence electrons. The molecule has 1 saturated heterocycles. The van der Waals surface area contributed by atoms with Gasteiger partial charge in [0, 0.05) is 79.6 Å². The van der Waals surface area contributed by atoms with Crippen molar-refractivity contribution in [1.82, 2.24) is 15.6 Å². The summed E-state index contributed by atoms with van der Waals surface area (Å²) in [5.74, 6) is -0.674. The molecule has 2 unspecified atom stereocenters. The Morgan fingerprint density at radius 1 is 1.13 bits per heavy atom. The third-order valence-electron chi connectivity index (χ3n) is 7.34. The number of hydrogen-bond donors (Lipinski definition) is 2. The zero-order valence-electron chi connectivity index (χ0n) is 21.9. The Hall–Kier alpha value is -3.78. The van der Waals surface area contributed by atoms with Gasteiger partial charge in [-0.05, 0) is 74.2 Å². The summed E-state index contributed by atoms with van der Waals surface area (Å²) in [6.07, 6.45) is 4.30. The van der Waals surface area contributed by atoms with E-state index < -0.39 is 5.82 Å². The monoisotopic (exact) mass is 515 g/mol. The molecular weight excluding hydrogens is 481 g/mol. The van der Waals surface area contributed by atoms with E-state index >= 15 is 4.39 Å². The lowest BCUT2D eigenvalue weighted by molar-refractivity contribution is -0.120. The molecule has 0 bridgehead atoms. The van der Waals surface area contributed by atoms with Crippen molar-refractivity contribution in [3.05, 3.63) is 89.5 Å².